The summed E-state index contributed by atoms with van der Waals surface area (Å²) in [6, 6.07) is 0. The Bertz CT molecular complexity index is 289. The summed E-state index contributed by atoms with van der Waals surface area (Å²) in [6.07, 6.45) is 1.81. The summed E-state index contributed by atoms with van der Waals surface area (Å²) in [5.74, 6) is 0.892. The molecule has 0 aliphatic rings. The smallest absolute Gasteiger partial charge is 0.133 e. The zero-order chi connectivity index (χ0) is 9.35. The lowest BCUT2D eigenvalue weighted by atomic mass is 9.96. The molecule has 0 saturated carbocycles. The molecule has 1 rings (SSSR count). The van der Waals surface area contributed by atoms with Crippen LogP contribution in [0.25, 0.3) is 0 Å². The molecule has 12 heavy (non-hydrogen) atoms. The first-order valence-electron chi connectivity index (χ1n) is 3.91. The summed E-state index contributed by atoms with van der Waals surface area (Å²) in [6.45, 7) is 8.29. The fraction of sp³-hybridized carbons (Fsp3) is 0.556. The number of rotatable bonds is 0. The highest BCUT2D eigenvalue weighted by Crippen LogP contribution is 2.20. The molecule has 1 aromatic rings. The summed E-state index contributed by atoms with van der Waals surface area (Å²) in [7, 11) is 0. The van der Waals surface area contributed by atoms with Crippen molar-refractivity contribution in [2.75, 3.05) is 0 Å². The highest BCUT2D eigenvalue weighted by molar-refractivity contribution is 9.10. The Balaban J connectivity index is 3.14. The second-order valence-electron chi connectivity index (χ2n) is 3.88. The molecule has 0 fully saturated rings. The van der Waals surface area contributed by atoms with E-state index in [1.54, 1.807) is 0 Å². The number of aryl methyl sites for hydroxylation is 1. The zero-order valence-electron chi connectivity index (χ0n) is 7.85. The zero-order valence-corrected chi connectivity index (χ0v) is 9.44. The normalized spacial score (nSPS) is 11.8. The first-order chi connectivity index (χ1) is 5.41. The minimum absolute atomic E-state index is 0.0332. The van der Waals surface area contributed by atoms with Crippen molar-refractivity contribution < 1.29 is 0 Å². The van der Waals surface area contributed by atoms with Crippen LogP contribution in [-0.2, 0) is 5.41 Å². The molecule has 1 heterocycles. The first-order valence-corrected chi connectivity index (χ1v) is 4.70. The maximum atomic E-state index is 4.39. The van der Waals surface area contributed by atoms with Gasteiger partial charge < -0.3 is 0 Å². The summed E-state index contributed by atoms with van der Waals surface area (Å²) in [4.78, 5) is 8.64. The molecule has 3 heteroatoms. The molecule has 0 aromatic carbocycles. The SMILES string of the molecule is Cc1nc(C(C)(C)C)ncc1Br. The molecule has 2 nitrogen and oxygen atoms in total. The molecule has 1 aromatic heterocycles. The molecule has 0 saturated heterocycles. The Hall–Kier alpha value is -0.440. The van der Waals surface area contributed by atoms with Gasteiger partial charge in [-0.2, -0.15) is 0 Å². The van der Waals surface area contributed by atoms with E-state index in [0.717, 1.165) is 16.0 Å². The van der Waals surface area contributed by atoms with Crippen LogP contribution in [0.1, 0.15) is 32.3 Å². The van der Waals surface area contributed by atoms with Crippen molar-refractivity contribution in [3.8, 4) is 0 Å². The van der Waals surface area contributed by atoms with Crippen molar-refractivity contribution in [3.05, 3.63) is 22.2 Å². The van der Waals surface area contributed by atoms with Gasteiger partial charge in [-0.3, -0.25) is 0 Å². The standard InChI is InChI=1S/C9H13BrN2/c1-6-7(10)5-11-8(12-6)9(2,3)4/h5H,1-4H3. The molecule has 0 radical (unpaired) electrons. The van der Waals surface area contributed by atoms with E-state index in [2.05, 4.69) is 46.7 Å². The van der Waals surface area contributed by atoms with Crippen LogP contribution in [0.15, 0.2) is 10.7 Å². The lowest BCUT2D eigenvalue weighted by molar-refractivity contribution is 0.542. The van der Waals surface area contributed by atoms with Crippen molar-refractivity contribution in [1.29, 1.82) is 0 Å². The number of halogens is 1. The van der Waals surface area contributed by atoms with Crippen LogP contribution in [0, 0.1) is 6.92 Å². The van der Waals surface area contributed by atoms with Gasteiger partial charge >= 0.3 is 0 Å². The molecule has 0 amide bonds. The van der Waals surface area contributed by atoms with Crippen molar-refractivity contribution in [3.63, 3.8) is 0 Å². The Morgan fingerprint density at radius 1 is 1.33 bits per heavy atom. The van der Waals surface area contributed by atoms with Gasteiger partial charge in [0.05, 0.1) is 10.2 Å². The first kappa shape index (κ1) is 9.65. The molecule has 0 aliphatic carbocycles. The summed E-state index contributed by atoms with van der Waals surface area (Å²) >= 11 is 3.37. The summed E-state index contributed by atoms with van der Waals surface area (Å²) in [5, 5.41) is 0. The fourth-order valence-electron chi connectivity index (χ4n) is 0.814. The molecular formula is C9H13BrN2. The molecule has 0 N–H and O–H groups in total. The number of aromatic nitrogens is 2. The molecule has 0 spiro atoms. The highest BCUT2D eigenvalue weighted by atomic mass is 79.9. The summed E-state index contributed by atoms with van der Waals surface area (Å²) in [5.41, 5.74) is 1.03. The van der Waals surface area contributed by atoms with Gasteiger partial charge in [0.15, 0.2) is 0 Å². The van der Waals surface area contributed by atoms with E-state index in [1.807, 2.05) is 13.1 Å². The van der Waals surface area contributed by atoms with Gasteiger partial charge in [0.25, 0.3) is 0 Å². The van der Waals surface area contributed by atoms with Crippen LogP contribution in [-0.4, -0.2) is 9.97 Å². The van der Waals surface area contributed by atoms with E-state index in [-0.39, 0.29) is 5.41 Å². The van der Waals surface area contributed by atoms with E-state index in [4.69, 9.17) is 0 Å². The molecule has 0 bridgehead atoms. The monoisotopic (exact) mass is 228 g/mol. The molecule has 0 aliphatic heterocycles. The Morgan fingerprint density at radius 3 is 2.33 bits per heavy atom. The largest absolute Gasteiger partial charge is 0.240 e. The van der Waals surface area contributed by atoms with E-state index in [9.17, 15) is 0 Å². The summed E-state index contributed by atoms with van der Waals surface area (Å²) < 4.78 is 0.968. The van der Waals surface area contributed by atoms with Crippen LogP contribution in [0.5, 0.6) is 0 Å². The van der Waals surface area contributed by atoms with Gasteiger partial charge in [-0.1, -0.05) is 20.8 Å². The van der Waals surface area contributed by atoms with Gasteiger partial charge in [0, 0.05) is 11.6 Å². The van der Waals surface area contributed by atoms with Crippen molar-refractivity contribution >= 4 is 15.9 Å². The predicted octanol–water partition coefficient (Wildman–Crippen LogP) is 2.85. The number of hydrogen-bond acceptors (Lipinski definition) is 2. The van der Waals surface area contributed by atoms with Gasteiger partial charge in [0.2, 0.25) is 0 Å². The third kappa shape index (κ3) is 2.03. The lowest BCUT2D eigenvalue weighted by Crippen LogP contribution is -2.16. The van der Waals surface area contributed by atoms with Crippen LogP contribution >= 0.6 is 15.9 Å². The second kappa shape index (κ2) is 3.13. The fourth-order valence-corrected chi connectivity index (χ4v) is 1.00. The quantitative estimate of drug-likeness (QED) is 0.683. The maximum absolute atomic E-state index is 4.39. The van der Waals surface area contributed by atoms with Crippen LogP contribution < -0.4 is 0 Å². The Labute approximate surface area is 81.6 Å². The molecule has 66 valence electrons. The van der Waals surface area contributed by atoms with Gasteiger partial charge in [-0.05, 0) is 22.9 Å². The van der Waals surface area contributed by atoms with Crippen LogP contribution in [0.3, 0.4) is 0 Å². The van der Waals surface area contributed by atoms with E-state index < -0.39 is 0 Å². The minimum Gasteiger partial charge on any atom is -0.240 e. The molecular weight excluding hydrogens is 216 g/mol. The van der Waals surface area contributed by atoms with Crippen molar-refractivity contribution in [2.24, 2.45) is 0 Å². The van der Waals surface area contributed by atoms with E-state index in [0.29, 0.717) is 0 Å². The number of hydrogen-bond donors (Lipinski definition) is 0. The molecule has 0 unspecified atom stereocenters. The second-order valence-corrected chi connectivity index (χ2v) is 4.73. The highest BCUT2D eigenvalue weighted by Gasteiger charge is 2.17. The average Bonchev–Trinajstić information content (AvgIpc) is 1.92. The van der Waals surface area contributed by atoms with Crippen molar-refractivity contribution in [2.45, 2.75) is 33.1 Å². The topological polar surface area (TPSA) is 25.8 Å². The van der Waals surface area contributed by atoms with Gasteiger partial charge in [-0.15, -0.1) is 0 Å². The predicted molar refractivity (Wildman–Crippen MR) is 53.2 cm³/mol. The Kier molecular flexibility index (Phi) is 2.52. The Morgan fingerprint density at radius 2 is 1.92 bits per heavy atom. The third-order valence-electron chi connectivity index (χ3n) is 1.59. The average molecular weight is 229 g/mol. The minimum atomic E-state index is 0.0332. The van der Waals surface area contributed by atoms with Gasteiger partial charge in [-0.25, -0.2) is 9.97 Å². The molecule has 0 atom stereocenters. The van der Waals surface area contributed by atoms with Crippen LogP contribution in [0.2, 0.25) is 0 Å². The maximum Gasteiger partial charge on any atom is 0.133 e. The van der Waals surface area contributed by atoms with E-state index in [1.165, 1.54) is 0 Å². The van der Waals surface area contributed by atoms with Crippen molar-refractivity contribution in [1.82, 2.24) is 9.97 Å². The number of nitrogens with zero attached hydrogens (tertiary/aromatic N) is 2. The van der Waals surface area contributed by atoms with E-state index >= 15 is 0 Å². The van der Waals surface area contributed by atoms with Gasteiger partial charge in [0.1, 0.15) is 5.82 Å². The lowest BCUT2D eigenvalue weighted by Gasteiger charge is -2.16. The van der Waals surface area contributed by atoms with Crippen LogP contribution in [0.4, 0.5) is 0 Å². The third-order valence-corrected chi connectivity index (χ3v) is 2.37.